The SMILES string of the molecule is C[C@H]1C[C@@H](C(F)F)n2ncc(C(=O)NC3CC3)c2N1. The van der Waals surface area contributed by atoms with E-state index in [0.717, 1.165) is 12.8 Å². The molecule has 3 rings (SSSR count). The van der Waals surface area contributed by atoms with Gasteiger partial charge in [0, 0.05) is 12.1 Å². The first kappa shape index (κ1) is 12.4. The lowest BCUT2D eigenvalue weighted by Crippen LogP contribution is -2.35. The quantitative estimate of drug-likeness (QED) is 0.880. The number of fused-ring (bicyclic) bond motifs is 1. The van der Waals surface area contributed by atoms with Gasteiger partial charge in [-0.3, -0.25) is 4.79 Å². The van der Waals surface area contributed by atoms with Crippen LogP contribution in [-0.4, -0.2) is 34.2 Å². The van der Waals surface area contributed by atoms with Crippen molar-refractivity contribution in [3.63, 3.8) is 0 Å². The maximum absolute atomic E-state index is 13.0. The molecular weight excluding hydrogens is 254 g/mol. The van der Waals surface area contributed by atoms with E-state index < -0.39 is 12.5 Å². The largest absolute Gasteiger partial charge is 0.367 e. The molecule has 7 heteroatoms. The first-order valence-electron chi connectivity index (χ1n) is 6.49. The third-order valence-corrected chi connectivity index (χ3v) is 3.54. The summed E-state index contributed by atoms with van der Waals surface area (Å²) in [7, 11) is 0. The summed E-state index contributed by atoms with van der Waals surface area (Å²) in [6, 6.07) is -0.834. The molecule has 1 fully saturated rings. The first-order valence-corrected chi connectivity index (χ1v) is 6.49. The Morgan fingerprint density at radius 3 is 2.95 bits per heavy atom. The van der Waals surface area contributed by atoms with Crippen LogP contribution < -0.4 is 10.6 Å². The third kappa shape index (κ3) is 2.29. The lowest BCUT2D eigenvalue weighted by Gasteiger charge is -2.30. The van der Waals surface area contributed by atoms with Crippen molar-refractivity contribution in [2.45, 2.75) is 50.7 Å². The van der Waals surface area contributed by atoms with Gasteiger partial charge in [0.2, 0.25) is 0 Å². The topological polar surface area (TPSA) is 59.0 Å². The highest BCUT2D eigenvalue weighted by atomic mass is 19.3. The predicted molar refractivity (Wildman–Crippen MR) is 65.5 cm³/mol. The molecule has 1 saturated carbocycles. The van der Waals surface area contributed by atoms with Crippen molar-refractivity contribution in [1.29, 1.82) is 0 Å². The molecule has 0 saturated heterocycles. The van der Waals surface area contributed by atoms with Crippen LogP contribution in [0.3, 0.4) is 0 Å². The zero-order valence-corrected chi connectivity index (χ0v) is 10.6. The Balaban J connectivity index is 1.89. The first-order chi connectivity index (χ1) is 9.06. The molecule has 1 amide bonds. The summed E-state index contributed by atoms with van der Waals surface area (Å²) < 4.78 is 27.3. The maximum atomic E-state index is 13.0. The molecule has 1 aromatic heterocycles. The number of amides is 1. The molecule has 104 valence electrons. The van der Waals surface area contributed by atoms with E-state index in [0.29, 0.717) is 17.8 Å². The van der Waals surface area contributed by atoms with Crippen molar-refractivity contribution < 1.29 is 13.6 Å². The monoisotopic (exact) mass is 270 g/mol. The van der Waals surface area contributed by atoms with Crippen molar-refractivity contribution in [2.24, 2.45) is 0 Å². The summed E-state index contributed by atoms with van der Waals surface area (Å²) in [5.74, 6) is 0.167. The van der Waals surface area contributed by atoms with Gasteiger partial charge >= 0.3 is 0 Å². The number of nitrogens with zero attached hydrogens (tertiary/aromatic N) is 2. The molecule has 2 atom stereocenters. The standard InChI is InChI=1S/C12H16F2N4O/c1-6-4-9(10(13)14)18-11(16-6)8(5-15-18)12(19)17-7-2-3-7/h5-7,9-10,16H,2-4H2,1H3,(H,17,19)/t6-,9-/m0/s1. The van der Waals surface area contributed by atoms with Crippen molar-refractivity contribution in [3.05, 3.63) is 11.8 Å². The number of carbonyl (C=O) groups excluding carboxylic acids is 1. The second kappa shape index (κ2) is 4.47. The van der Waals surface area contributed by atoms with Gasteiger partial charge in [0.1, 0.15) is 17.4 Å². The van der Waals surface area contributed by atoms with E-state index in [2.05, 4.69) is 15.7 Å². The molecule has 1 aromatic rings. The molecule has 1 aliphatic heterocycles. The van der Waals surface area contributed by atoms with E-state index >= 15 is 0 Å². The molecular formula is C12H16F2N4O. The fraction of sp³-hybridized carbons (Fsp3) is 0.667. The average Bonchev–Trinajstić information content (AvgIpc) is 3.05. The number of carbonyl (C=O) groups is 1. The van der Waals surface area contributed by atoms with Crippen molar-refractivity contribution in [3.8, 4) is 0 Å². The molecule has 2 heterocycles. The summed E-state index contributed by atoms with van der Waals surface area (Å²) in [6.07, 6.45) is 1.16. The molecule has 5 nitrogen and oxygen atoms in total. The van der Waals surface area contributed by atoms with E-state index in [4.69, 9.17) is 0 Å². The van der Waals surface area contributed by atoms with Crippen LogP contribution in [0.1, 0.15) is 42.6 Å². The Bertz CT molecular complexity index is 498. The van der Waals surface area contributed by atoms with E-state index in [1.165, 1.54) is 10.9 Å². The normalized spacial score (nSPS) is 25.9. The van der Waals surface area contributed by atoms with Crippen molar-refractivity contribution in [1.82, 2.24) is 15.1 Å². The molecule has 1 aliphatic carbocycles. The minimum absolute atomic E-state index is 0.101. The highest BCUT2D eigenvalue weighted by molar-refractivity contribution is 5.99. The van der Waals surface area contributed by atoms with Crippen LogP contribution in [0.4, 0.5) is 14.6 Å². The molecule has 0 unspecified atom stereocenters. The Kier molecular flexibility index (Phi) is 2.91. The number of halogens is 2. The van der Waals surface area contributed by atoms with Crippen LogP contribution in [0, 0.1) is 0 Å². The van der Waals surface area contributed by atoms with Gasteiger partial charge in [0.15, 0.2) is 0 Å². The number of alkyl halides is 2. The van der Waals surface area contributed by atoms with Crippen LogP contribution in [-0.2, 0) is 0 Å². The molecule has 19 heavy (non-hydrogen) atoms. The van der Waals surface area contributed by atoms with Gasteiger partial charge in [-0.2, -0.15) is 5.10 Å². The number of aromatic nitrogens is 2. The number of hydrogen-bond donors (Lipinski definition) is 2. The van der Waals surface area contributed by atoms with E-state index in [9.17, 15) is 13.6 Å². The summed E-state index contributed by atoms with van der Waals surface area (Å²) in [5, 5.41) is 9.88. The van der Waals surface area contributed by atoms with Gasteiger partial charge in [-0.25, -0.2) is 13.5 Å². The smallest absolute Gasteiger partial charge is 0.260 e. The van der Waals surface area contributed by atoms with Crippen LogP contribution >= 0.6 is 0 Å². The fourth-order valence-electron chi connectivity index (χ4n) is 2.38. The predicted octanol–water partition coefficient (Wildman–Crippen LogP) is 1.79. The van der Waals surface area contributed by atoms with E-state index in [1.54, 1.807) is 0 Å². The van der Waals surface area contributed by atoms with Gasteiger partial charge in [0.25, 0.3) is 12.3 Å². The van der Waals surface area contributed by atoms with Crippen LogP contribution in [0.5, 0.6) is 0 Å². The van der Waals surface area contributed by atoms with Crippen LogP contribution in [0.15, 0.2) is 6.20 Å². The molecule has 0 aromatic carbocycles. The van der Waals surface area contributed by atoms with Gasteiger partial charge in [-0.05, 0) is 26.2 Å². The molecule has 0 radical (unpaired) electrons. The Morgan fingerprint density at radius 2 is 2.32 bits per heavy atom. The van der Waals surface area contributed by atoms with Crippen molar-refractivity contribution >= 4 is 11.7 Å². The maximum Gasteiger partial charge on any atom is 0.260 e. The highest BCUT2D eigenvalue weighted by Gasteiger charge is 2.35. The van der Waals surface area contributed by atoms with E-state index in [1.807, 2.05) is 6.92 Å². The average molecular weight is 270 g/mol. The van der Waals surface area contributed by atoms with Crippen molar-refractivity contribution in [2.75, 3.05) is 5.32 Å². The molecule has 0 bridgehead atoms. The Labute approximate surface area is 109 Å². The Morgan fingerprint density at radius 1 is 1.58 bits per heavy atom. The van der Waals surface area contributed by atoms with Gasteiger partial charge in [-0.15, -0.1) is 0 Å². The van der Waals surface area contributed by atoms with Gasteiger partial charge < -0.3 is 10.6 Å². The summed E-state index contributed by atoms with van der Waals surface area (Å²) in [5.41, 5.74) is 0.351. The lowest BCUT2D eigenvalue weighted by molar-refractivity contribution is 0.0666. The summed E-state index contributed by atoms with van der Waals surface area (Å²) in [6.45, 7) is 1.83. The number of rotatable bonds is 3. The number of hydrogen-bond acceptors (Lipinski definition) is 3. The second-order valence-corrected chi connectivity index (χ2v) is 5.28. The Hall–Kier alpha value is -1.66. The minimum atomic E-state index is -2.48. The summed E-state index contributed by atoms with van der Waals surface area (Å²) in [4.78, 5) is 12.0. The zero-order valence-electron chi connectivity index (χ0n) is 10.6. The lowest BCUT2D eigenvalue weighted by atomic mass is 10.1. The number of anilines is 1. The molecule has 2 aliphatic rings. The fourth-order valence-corrected chi connectivity index (χ4v) is 2.38. The molecule has 0 spiro atoms. The third-order valence-electron chi connectivity index (χ3n) is 3.54. The van der Waals surface area contributed by atoms with E-state index in [-0.39, 0.29) is 18.0 Å². The second-order valence-electron chi connectivity index (χ2n) is 5.28. The molecule has 2 N–H and O–H groups in total. The van der Waals surface area contributed by atoms with Gasteiger partial charge in [-0.1, -0.05) is 0 Å². The highest BCUT2D eigenvalue weighted by Crippen LogP contribution is 2.33. The summed E-state index contributed by atoms with van der Waals surface area (Å²) >= 11 is 0. The minimum Gasteiger partial charge on any atom is -0.367 e. The van der Waals surface area contributed by atoms with Crippen LogP contribution in [0.25, 0.3) is 0 Å². The van der Waals surface area contributed by atoms with Gasteiger partial charge in [0.05, 0.1) is 6.20 Å². The zero-order chi connectivity index (χ0) is 13.6. The number of nitrogens with one attached hydrogen (secondary N) is 2. The van der Waals surface area contributed by atoms with Crippen LogP contribution in [0.2, 0.25) is 0 Å².